The summed E-state index contributed by atoms with van der Waals surface area (Å²) in [7, 11) is 0. The molecule has 2 aromatic carbocycles. The van der Waals surface area contributed by atoms with Crippen molar-refractivity contribution in [2.24, 2.45) is 0 Å². The molecule has 2 aromatic rings. The molecule has 1 unspecified atom stereocenters. The SMILES string of the molecule is CC(=O)NNc1ccc(N2C(=S)SCC2(O)c2ccccc2)cc1. The van der Waals surface area contributed by atoms with Gasteiger partial charge in [0.25, 0.3) is 0 Å². The molecular formula is C17H17N3O2S2. The van der Waals surface area contributed by atoms with Crippen molar-refractivity contribution in [3.05, 3.63) is 60.2 Å². The number of benzene rings is 2. The van der Waals surface area contributed by atoms with E-state index in [1.54, 1.807) is 4.90 Å². The Hall–Kier alpha value is -2.09. The Bertz CT molecular complexity index is 752. The second-order valence-corrected chi connectivity index (χ2v) is 7.03. The maximum Gasteiger partial charge on any atom is 0.235 e. The largest absolute Gasteiger partial charge is 0.366 e. The zero-order valence-corrected chi connectivity index (χ0v) is 14.7. The van der Waals surface area contributed by atoms with E-state index < -0.39 is 5.72 Å². The molecule has 0 aliphatic carbocycles. The molecule has 1 saturated heterocycles. The summed E-state index contributed by atoms with van der Waals surface area (Å²) >= 11 is 6.90. The third-order valence-electron chi connectivity index (χ3n) is 3.69. The molecule has 0 saturated carbocycles. The standard InChI is InChI=1S/C17H17N3O2S2/c1-12(21)18-19-14-7-9-15(10-8-14)20-16(23)24-11-17(20,22)13-5-3-2-4-6-13/h2-10,19,22H,11H2,1H3,(H,18,21). The van der Waals surface area contributed by atoms with Crippen LogP contribution in [0.5, 0.6) is 0 Å². The summed E-state index contributed by atoms with van der Waals surface area (Å²) in [5.41, 5.74) is 6.50. The summed E-state index contributed by atoms with van der Waals surface area (Å²) in [6, 6.07) is 16.9. The van der Waals surface area contributed by atoms with Crippen LogP contribution in [0.3, 0.4) is 0 Å². The minimum atomic E-state index is -1.17. The fraction of sp³-hybridized carbons (Fsp3) is 0.176. The van der Waals surface area contributed by atoms with E-state index in [0.29, 0.717) is 10.1 Å². The van der Waals surface area contributed by atoms with Gasteiger partial charge in [0, 0.05) is 18.2 Å². The smallest absolute Gasteiger partial charge is 0.235 e. The maximum atomic E-state index is 11.2. The molecule has 0 bridgehead atoms. The third-order valence-corrected chi connectivity index (χ3v) is 5.21. The Balaban J connectivity index is 1.88. The first-order chi connectivity index (χ1) is 11.5. The molecule has 1 heterocycles. The first-order valence-electron chi connectivity index (χ1n) is 7.38. The number of rotatable bonds is 4. The van der Waals surface area contributed by atoms with Crippen molar-refractivity contribution in [2.45, 2.75) is 12.6 Å². The first-order valence-corrected chi connectivity index (χ1v) is 8.77. The van der Waals surface area contributed by atoms with Crippen LogP contribution < -0.4 is 15.8 Å². The monoisotopic (exact) mass is 359 g/mol. The fourth-order valence-corrected chi connectivity index (χ4v) is 3.97. The zero-order valence-electron chi connectivity index (χ0n) is 13.0. The van der Waals surface area contributed by atoms with Crippen LogP contribution in [-0.2, 0) is 10.5 Å². The highest BCUT2D eigenvalue weighted by Gasteiger charge is 2.44. The summed E-state index contributed by atoms with van der Waals surface area (Å²) in [4.78, 5) is 12.7. The second-order valence-electron chi connectivity index (χ2n) is 5.43. The number of hydrazine groups is 1. The van der Waals surface area contributed by atoms with Crippen LogP contribution in [0.25, 0.3) is 0 Å². The highest BCUT2D eigenvalue weighted by atomic mass is 32.2. The average Bonchev–Trinajstić information content (AvgIpc) is 2.90. The molecule has 1 aliphatic heterocycles. The predicted molar refractivity (Wildman–Crippen MR) is 102 cm³/mol. The zero-order chi connectivity index (χ0) is 17.2. The Kier molecular flexibility index (Phi) is 4.75. The van der Waals surface area contributed by atoms with Crippen LogP contribution in [0.1, 0.15) is 12.5 Å². The summed E-state index contributed by atoms with van der Waals surface area (Å²) in [6.45, 7) is 1.43. The molecule has 0 aromatic heterocycles. The van der Waals surface area contributed by atoms with Crippen LogP contribution in [0, 0.1) is 0 Å². The minimum Gasteiger partial charge on any atom is -0.366 e. The number of aliphatic hydroxyl groups is 1. The van der Waals surface area contributed by atoms with Crippen molar-refractivity contribution >= 4 is 45.6 Å². The van der Waals surface area contributed by atoms with E-state index >= 15 is 0 Å². The van der Waals surface area contributed by atoms with Crippen LogP contribution >= 0.6 is 24.0 Å². The van der Waals surface area contributed by atoms with Crippen molar-refractivity contribution < 1.29 is 9.90 Å². The summed E-state index contributed by atoms with van der Waals surface area (Å²) < 4.78 is 0.629. The molecular weight excluding hydrogens is 342 g/mol. The van der Waals surface area contributed by atoms with Crippen LogP contribution in [0.15, 0.2) is 54.6 Å². The van der Waals surface area contributed by atoms with Gasteiger partial charge in [0.05, 0.1) is 11.4 Å². The summed E-state index contributed by atoms with van der Waals surface area (Å²) in [5.74, 6) is 0.302. The molecule has 5 nitrogen and oxygen atoms in total. The summed E-state index contributed by atoms with van der Waals surface area (Å²) in [6.07, 6.45) is 0. The fourth-order valence-electron chi connectivity index (χ4n) is 2.53. The average molecular weight is 359 g/mol. The third kappa shape index (κ3) is 3.24. The van der Waals surface area contributed by atoms with Gasteiger partial charge in [-0.1, -0.05) is 54.3 Å². The molecule has 0 radical (unpaired) electrons. The van der Waals surface area contributed by atoms with Crippen LogP contribution in [0.4, 0.5) is 11.4 Å². The molecule has 3 rings (SSSR count). The van der Waals surface area contributed by atoms with Crippen LogP contribution in [0.2, 0.25) is 0 Å². The van der Waals surface area contributed by atoms with Crippen LogP contribution in [-0.4, -0.2) is 21.1 Å². The van der Waals surface area contributed by atoms with Gasteiger partial charge in [0.15, 0.2) is 5.72 Å². The first kappa shape index (κ1) is 16.8. The predicted octanol–water partition coefficient (Wildman–Crippen LogP) is 2.83. The lowest BCUT2D eigenvalue weighted by Crippen LogP contribution is -2.44. The number of nitrogens with one attached hydrogen (secondary N) is 2. The highest BCUT2D eigenvalue weighted by molar-refractivity contribution is 8.23. The molecule has 24 heavy (non-hydrogen) atoms. The molecule has 7 heteroatoms. The van der Waals surface area contributed by atoms with Gasteiger partial charge in [0.1, 0.15) is 4.32 Å². The van der Waals surface area contributed by atoms with Gasteiger partial charge in [-0.3, -0.25) is 20.5 Å². The number of anilines is 2. The van der Waals surface area contributed by atoms with Crippen molar-refractivity contribution in [3.8, 4) is 0 Å². The quantitative estimate of drug-likeness (QED) is 0.576. The molecule has 1 atom stereocenters. The second kappa shape index (κ2) is 6.80. The van der Waals surface area contributed by atoms with E-state index in [9.17, 15) is 9.90 Å². The number of thiocarbonyl (C=S) groups is 1. The van der Waals surface area contributed by atoms with E-state index in [1.165, 1.54) is 18.7 Å². The Labute approximate surface area is 150 Å². The Morgan fingerprint density at radius 2 is 1.88 bits per heavy atom. The lowest BCUT2D eigenvalue weighted by Gasteiger charge is -2.34. The number of hydrogen-bond acceptors (Lipinski definition) is 5. The number of thioether (sulfide) groups is 1. The topological polar surface area (TPSA) is 64.6 Å². The normalized spacial score (nSPS) is 20.1. The van der Waals surface area contributed by atoms with E-state index in [0.717, 1.165) is 16.9 Å². The molecule has 3 N–H and O–H groups in total. The summed E-state index contributed by atoms with van der Waals surface area (Å²) in [5, 5.41) is 11.2. The molecule has 0 spiro atoms. The van der Waals surface area contributed by atoms with Gasteiger partial charge in [-0.15, -0.1) is 0 Å². The Morgan fingerprint density at radius 3 is 2.50 bits per heavy atom. The molecule has 1 fully saturated rings. The van der Waals surface area contributed by atoms with Crippen molar-refractivity contribution in [2.75, 3.05) is 16.1 Å². The van der Waals surface area contributed by atoms with E-state index in [1.807, 2.05) is 54.6 Å². The molecule has 1 amide bonds. The lowest BCUT2D eigenvalue weighted by molar-refractivity contribution is -0.118. The number of carbonyl (C=O) groups excluding carboxylic acids is 1. The van der Waals surface area contributed by atoms with Crippen molar-refractivity contribution in [1.82, 2.24) is 5.43 Å². The number of nitrogens with zero attached hydrogens (tertiary/aromatic N) is 1. The highest BCUT2D eigenvalue weighted by Crippen LogP contribution is 2.42. The van der Waals surface area contributed by atoms with Gasteiger partial charge in [-0.2, -0.15) is 0 Å². The maximum absolute atomic E-state index is 11.2. The van der Waals surface area contributed by atoms with Gasteiger partial charge < -0.3 is 5.11 Å². The van der Waals surface area contributed by atoms with E-state index in [2.05, 4.69) is 10.9 Å². The van der Waals surface area contributed by atoms with E-state index in [-0.39, 0.29) is 5.91 Å². The Morgan fingerprint density at radius 1 is 1.21 bits per heavy atom. The van der Waals surface area contributed by atoms with Crippen molar-refractivity contribution in [3.63, 3.8) is 0 Å². The van der Waals surface area contributed by atoms with Gasteiger partial charge >= 0.3 is 0 Å². The van der Waals surface area contributed by atoms with Gasteiger partial charge in [0.2, 0.25) is 5.91 Å². The van der Waals surface area contributed by atoms with Gasteiger partial charge in [-0.05, 0) is 24.3 Å². The number of hydrogen-bond donors (Lipinski definition) is 3. The van der Waals surface area contributed by atoms with Crippen molar-refractivity contribution in [1.29, 1.82) is 0 Å². The molecule has 124 valence electrons. The molecule has 1 aliphatic rings. The number of carbonyl (C=O) groups is 1. The number of amides is 1. The van der Waals surface area contributed by atoms with E-state index in [4.69, 9.17) is 12.2 Å². The van der Waals surface area contributed by atoms with Gasteiger partial charge in [-0.25, -0.2) is 0 Å². The minimum absolute atomic E-state index is 0.172. The lowest BCUT2D eigenvalue weighted by atomic mass is 10.0.